The molecule has 0 N–H and O–H groups in total. The summed E-state index contributed by atoms with van der Waals surface area (Å²) in [5.74, 6) is -9.88. The summed E-state index contributed by atoms with van der Waals surface area (Å²) in [6.07, 6.45) is 3.69. The summed E-state index contributed by atoms with van der Waals surface area (Å²) in [6, 6.07) is 21.5. The third-order valence-electron chi connectivity index (χ3n) is 5.98. The third kappa shape index (κ3) is 4.65. The van der Waals surface area contributed by atoms with Gasteiger partial charge in [0.05, 0.1) is 0 Å². The van der Waals surface area contributed by atoms with Gasteiger partial charge in [0.1, 0.15) is 6.61 Å². The van der Waals surface area contributed by atoms with E-state index in [1.807, 2.05) is 50.2 Å². The van der Waals surface area contributed by atoms with Crippen LogP contribution in [0.4, 0.5) is 17.6 Å². The second-order valence-electron chi connectivity index (χ2n) is 8.56. The van der Waals surface area contributed by atoms with Crippen molar-refractivity contribution in [3.63, 3.8) is 0 Å². The van der Waals surface area contributed by atoms with Gasteiger partial charge >= 0.3 is 11.8 Å². The van der Waals surface area contributed by atoms with Crippen LogP contribution in [0.3, 0.4) is 0 Å². The molecule has 1 aliphatic rings. The Hall–Kier alpha value is -3.34. The fourth-order valence-corrected chi connectivity index (χ4v) is 3.95. The Balaban J connectivity index is 1.51. The normalized spacial score (nSPS) is 16.5. The minimum Gasteiger partial charge on any atom is -0.487 e. The number of aryl methyl sites for hydroxylation is 2. The van der Waals surface area contributed by atoms with Crippen LogP contribution >= 0.6 is 0 Å². The molecule has 0 radical (unpaired) electrons. The molecule has 0 unspecified atom stereocenters. The van der Waals surface area contributed by atoms with Gasteiger partial charge in [-0.2, -0.15) is 17.6 Å². The quantitative estimate of drug-likeness (QED) is 0.318. The fourth-order valence-electron chi connectivity index (χ4n) is 3.95. The molecule has 5 heteroatoms. The highest BCUT2D eigenvalue weighted by atomic mass is 19.3. The van der Waals surface area contributed by atoms with Crippen molar-refractivity contribution < 1.29 is 22.3 Å². The van der Waals surface area contributed by atoms with E-state index in [9.17, 15) is 17.6 Å². The molecular formula is C29H26F4O. The molecule has 0 amide bonds. The number of hydrogen-bond donors (Lipinski definition) is 0. The first-order valence-electron chi connectivity index (χ1n) is 11.3. The van der Waals surface area contributed by atoms with Crippen LogP contribution in [0, 0.1) is 6.92 Å². The number of hydrogen-bond acceptors (Lipinski definition) is 1. The molecule has 0 aromatic heterocycles. The number of ether oxygens (including phenoxy) is 1. The fraction of sp³-hybridized carbons (Fsp3) is 0.241. The zero-order valence-corrected chi connectivity index (χ0v) is 19.1. The second-order valence-corrected chi connectivity index (χ2v) is 8.56. The third-order valence-corrected chi connectivity index (χ3v) is 5.98. The van der Waals surface area contributed by atoms with Gasteiger partial charge in [0.25, 0.3) is 0 Å². The molecule has 0 atom stereocenters. The molecule has 1 aliphatic carbocycles. The molecule has 1 nitrogen and oxygen atoms in total. The van der Waals surface area contributed by atoms with Gasteiger partial charge in [-0.15, -0.1) is 0 Å². The van der Waals surface area contributed by atoms with Gasteiger partial charge in [0.2, 0.25) is 0 Å². The average molecular weight is 467 g/mol. The lowest BCUT2D eigenvalue weighted by Gasteiger charge is -2.33. The topological polar surface area (TPSA) is 9.23 Å². The number of halogens is 4. The second kappa shape index (κ2) is 9.49. The number of alkyl halides is 4. The Morgan fingerprint density at radius 1 is 0.647 bits per heavy atom. The van der Waals surface area contributed by atoms with Gasteiger partial charge in [-0.3, -0.25) is 0 Å². The Labute approximate surface area is 197 Å². The van der Waals surface area contributed by atoms with Crippen molar-refractivity contribution in [3.8, 4) is 11.1 Å². The summed E-state index contributed by atoms with van der Waals surface area (Å²) in [6.45, 7) is 3.78. The highest BCUT2D eigenvalue weighted by Crippen LogP contribution is 2.51. The molecule has 0 fully saturated rings. The van der Waals surface area contributed by atoms with E-state index in [1.54, 1.807) is 24.3 Å². The summed E-state index contributed by atoms with van der Waals surface area (Å²) >= 11 is 0. The first-order valence-corrected chi connectivity index (χ1v) is 11.3. The van der Waals surface area contributed by atoms with Crippen LogP contribution in [-0.4, -0.2) is 11.8 Å². The molecule has 0 saturated carbocycles. The van der Waals surface area contributed by atoms with Gasteiger partial charge in [0.15, 0.2) is 5.76 Å². The van der Waals surface area contributed by atoms with E-state index >= 15 is 0 Å². The Morgan fingerprint density at radius 3 is 1.76 bits per heavy atom. The zero-order chi connectivity index (χ0) is 24.3. The molecular weight excluding hydrogens is 440 g/mol. The molecule has 3 aromatic rings. The maximum Gasteiger partial charge on any atom is 0.370 e. The van der Waals surface area contributed by atoms with Crippen molar-refractivity contribution in [2.75, 3.05) is 0 Å². The van der Waals surface area contributed by atoms with Crippen LogP contribution < -0.4 is 0 Å². The Morgan fingerprint density at radius 2 is 1.18 bits per heavy atom. The lowest BCUT2D eigenvalue weighted by atomic mass is 9.89. The molecule has 0 heterocycles. The first-order chi connectivity index (χ1) is 16.2. The average Bonchev–Trinajstić information content (AvgIpc) is 2.82. The van der Waals surface area contributed by atoms with Crippen LogP contribution in [0.1, 0.15) is 35.6 Å². The van der Waals surface area contributed by atoms with Crippen LogP contribution in [0.25, 0.3) is 16.7 Å². The van der Waals surface area contributed by atoms with Crippen molar-refractivity contribution in [1.29, 1.82) is 0 Å². The van der Waals surface area contributed by atoms with E-state index in [1.165, 1.54) is 12.1 Å². The highest BCUT2D eigenvalue weighted by molar-refractivity contribution is 5.75. The standard InChI is InChI=1S/C29H26F4O/c1-3-4-21-7-15-25(16-8-21)26-17-18-27(29(32,33)28(26,30)31)34-19-22-9-13-24(14-10-22)23-11-5-20(2)6-12-23/h5-18H,3-4,19H2,1-2H3. The maximum atomic E-state index is 14.9. The van der Waals surface area contributed by atoms with E-state index < -0.39 is 23.2 Å². The van der Waals surface area contributed by atoms with E-state index in [0.717, 1.165) is 47.2 Å². The van der Waals surface area contributed by atoms with Crippen LogP contribution in [0.5, 0.6) is 0 Å². The van der Waals surface area contributed by atoms with E-state index in [2.05, 4.69) is 0 Å². The van der Waals surface area contributed by atoms with Crippen molar-refractivity contribution in [2.45, 2.75) is 45.1 Å². The maximum absolute atomic E-state index is 14.9. The van der Waals surface area contributed by atoms with Crippen molar-refractivity contribution in [1.82, 2.24) is 0 Å². The predicted octanol–water partition coefficient (Wildman–Crippen LogP) is 8.38. The summed E-state index contributed by atoms with van der Waals surface area (Å²) in [5.41, 5.74) is 4.09. The number of allylic oxidation sites excluding steroid dienone is 4. The predicted molar refractivity (Wildman–Crippen MR) is 128 cm³/mol. The van der Waals surface area contributed by atoms with Gasteiger partial charge in [-0.25, -0.2) is 0 Å². The number of rotatable bonds is 7. The van der Waals surface area contributed by atoms with Gasteiger partial charge in [-0.05, 0) is 53.3 Å². The van der Waals surface area contributed by atoms with Crippen molar-refractivity contribution in [3.05, 3.63) is 113 Å². The Kier molecular flexibility index (Phi) is 6.65. The molecule has 0 saturated heterocycles. The SMILES string of the molecule is CCCc1ccc(C2=CC=C(OCc3ccc(-c4ccc(C)cc4)cc3)C(F)(F)C2(F)F)cc1. The van der Waals surface area contributed by atoms with Gasteiger partial charge in [0, 0.05) is 5.57 Å². The van der Waals surface area contributed by atoms with Crippen LogP contribution in [-0.2, 0) is 17.8 Å². The van der Waals surface area contributed by atoms with Gasteiger partial charge in [-0.1, -0.05) is 91.7 Å². The lowest BCUT2D eigenvalue weighted by Crippen LogP contribution is -2.45. The van der Waals surface area contributed by atoms with E-state index in [-0.39, 0.29) is 12.2 Å². The van der Waals surface area contributed by atoms with Crippen molar-refractivity contribution in [2.24, 2.45) is 0 Å². The molecule has 0 bridgehead atoms. The Bertz CT molecular complexity index is 1190. The molecule has 0 aliphatic heterocycles. The zero-order valence-electron chi connectivity index (χ0n) is 19.1. The largest absolute Gasteiger partial charge is 0.487 e. The van der Waals surface area contributed by atoms with E-state index in [4.69, 9.17) is 4.74 Å². The van der Waals surface area contributed by atoms with E-state index in [0.29, 0.717) is 5.56 Å². The smallest absolute Gasteiger partial charge is 0.370 e. The summed E-state index contributed by atoms with van der Waals surface area (Å²) in [4.78, 5) is 0. The molecule has 3 aromatic carbocycles. The summed E-state index contributed by atoms with van der Waals surface area (Å²) in [7, 11) is 0. The highest BCUT2D eigenvalue weighted by Gasteiger charge is 2.63. The minimum atomic E-state index is -4.46. The molecule has 34 heavy (non-hydrogen) atoms. The summed E-state index contributed by atoms with van der Waals surface area (Å²) in [5, 5.41) is 0. The van der Waals surface area contributed by atoms with Gasteiger partial charge < -0.3 is 4.74 Å². The first kappa shape index (κ1) is 23.8. The lowest BCUT2D eigenvalue weighted by molar-refractivity contribution is -0.173. The van der Waals surface area contributed by atoms with Crippen LogP contribution in [0.2, 0.25) is 0 Å². The monoisotopic (exact) mass is 466 g/mol. The molecule has 0 spiro atoms. The van der Waals surface area contributed by atoms with Crippen molar-refractivity contribution >= 4 is 5.57 Å². The number of benzene rings is 3. The molecule has 4 rings (SSSR count). The van der Waals surface area contributed by atoms with Crippen LogP contribution in [0.15, 0.2) is 90.7 Å². The minimum absolute atomic E-state index is 0.0755. The summed E-state index contributed by atoms with van der Waals surface area (Å²) < 4.78 is 64.6. The molecule has 176 valence electrons.